The maximum Gasteiger partial charge on any atom is 0.161 e. The van der Waals surface area contributed by atoms with Crippen LogP contribution in [0, 0.1) is 0 Å². The maximum atomic E-state index is 6.19. The summed E-state index contributed by atoms with van der Waals surface area (Å²) in [6.07, 6.45) is 1.11. The first-order valence-corrected chi connectivity index (χ1v) is 9.09. The molecule has 0 atom stereocenters. The van der Waals surface area contributed by atoms with Crippen molar-refractivity contribution in [1.29, 1.82) is 0 Å². The Morgan fingerprint density at radius 1 is 1.00 bits per heavy atom. The van der Waals surface area contributed by atoms with Gasteiger partial charge in [-0.15, -0.1) is 0 Å². The van der Waals surface area contributed by atoms with Gasteiger partial charge in [-0.05, 0) is 57.2 Å². The number of halogens is 1. The van der Waals surface area contributed by atoms with E-state index in [-0.39, 0.29) is 0 Å². The van der Waals surface area contributed by atoms with Crippen LogP contribution in [-0.4, -0.2) is 26.7 Å². The number of hydrogen-bond acceptors (Lipinski definition) is 4. The van der Waals surface area contributed by atoms with Crippen molar-refractivity contribution in [3.8, 4) is 11.5 Å². The molecule has 0 saturated heterocycles. The van der Waals surface area contributed by atoms with Crippen LogP contribution < -0.4 is 20.1 Å². The van der Waals surface area contributed by atoms with Crippen LogP contribution in [0.25, 0.3) is 0 Å². The number of nitrogens with one attached hydrogen (secondary N) is 2. The molecule has 0 radical (unpaired) electrons. The molecule has 0 unspecified atom stereocenters. The molecule has 25 heavy (non-hydrogen) atoms. The first-order chi connectivity index (χ1) is 12.2. The molecule has 0 heterocycles. The Morgan fingerprint density at radius 3 is 2.60 bits per heavy atom. The third-order valence-electron chi connectivity index (χ3n) is 3.76. The minimum atomic E-state index is 0.418. The van der Waals surface area contributed by atoms with Crippen molar-refractivity contribution in [3.05, 3.63) is 58.6 Å². The second-order valence-electron chi connectivity index (χ2n) is 5.73. The van der Waals surface area contributed by atoms with E-state index in [2.05, 4.69) is 16.7 Å². The monoisotopic (exact) mass is 362 g/mol. The largest absolute Gasteiger partial charge is 0.490 e. The zero-order valence-corrected chi connectivity index (χ0v) is 15.7. The van der Waals surface area contributed by atoms with Crippen molar-refractivity contribution >= 4 is 11.6 Å². The maximum absolute atomic E-state index is 6.19. The molecule has 0 fully saturated rings. The molecule has 0 aliphatic heterocycles. The molecule has 0 bridgehead atoms. The second kappa shape index (κ2) is 11.0. The van der Waals surface area contributed by atoms with Gasteiger partial charge in [0.1, 0.15) is 6.61 Å². The topological polar surface area (TPSA) is 42.5 Å². The van der Waals surface area contributed by atoms with Crippen molar-refractivity contribution in [1.82, 2.24) is 10.6 Å². The highest BCUT2D eigenvalue weighted by Gasteiger charge is 2.08. The summed E-state index contributed by atoms with van der Waals surface area (Å²) in [7, 11) is 1.97. The molecule has 2 N–H and O–H groups in total. The summed E-state index contributed by atoms with van der Waals surface area (Å²) in [4.78, 5) is 0. The lowest BCUT2D eigenvalue weighted by Gasteiger charge is -2.14. The zero-order chi connectivity index (χ0) is 17.9. The fourth-order valence-corrected chi connectivity index (χ4v) is 2.63. The van der Waals surface area contributed by atoms with E-state index in [1.54, 1.807) is 0 Å². The van der Waals surface area contributed by atoms with Crippen LogP contribution in [0.15, 0.2) is 42.5 Å². The molecular weight excluding hydrogens is 336 g/mol. The number of hydrogen-bond donors (Lipinski definition) is 2. The van der Waals surface area contributed by atoms with Gasteiger partial charge in [0.05, 0.1) is 6.61 Å². The normalized spacial score (nSPS) is 10.7. The molecule has 5 heteroatoms. The van der Waals surface area contributed by atoms with Gasteiger partial charge >= 0.3 is 0 Å². The quantitative estimate of drug-likeness (QED) is 0.592. The fourth-order valence-electron chi connectivity index (χ4n) is 2.44. The predicted molar refractivity (Wildman–Crippen MR) is 104 cm³/mol. The smallest absolute Gasteiger partial charge is 0.161 e. The molecule has 0 aliphatic rings. The third kappa shape index (κ3) is 6.58. The van der Waals surface area contributed by atoms with Gasteiger partial charge < -0.3 is 20.1 Å². The lowest BCUT2D eigenvalue weighted by atomic mass is 10.2. The van der Waals surface area contributed by atoms with E-state index in [0.717, 1.165) is 43.1 Å². The van der Waals surface area contributed by atoms with E-state index in [1.807, 2.05) is 50.4 Å². The van der Waals surface area contributed by atoms with Gasteiger partial charge in [-0.2, -0.15) is 0 Å². The third-order valence-corrected chi connectivity index (χ3v) is 4.13. The summed E-state index contributed by atoms with van der Waals surface area (Å²) >= 11 is 6.19. The van der Waals surface area contributed by atoms with E-state index in [1.165, 1.54) is 5.56 Å². The Labute approximate surface area is 155 Å². The molecule has 0 saturated carbocycles. The van der Waals surface area contributed by atoms with E-state index >= 15 is 0 Å². The van der Waals surface area contributed by atoms with E-state index in [0.29, 0.717) is 18.2 Å². The van der Waals surface area contributed by atoms with Gasteiger partial charge in [-0.25, -0.2) is 0 Å². The molecule has 4 nitrogen and oxygen atoms in total. The highest BCUT2D eigenvalue weighted by atomic mass is 35.5. The van der Waals surface area contributed by atoms with Crippen LogP contribution in [0.3, 0.4) is 0 Å². The first-order valence-electron chi connectivity index (χ1n) is 8.71. The summed E-state index contributed by atoms with van der Waals surface area (Å²) < 4.78 is 11.7. The first kappa shape index (κ1) is 19.6. The molecule has 2 aromatic rings. The zero-order valence-electron chi connectivity index (χ0n) is 15.0. The van der Waals surface area contributed by atoms with Crippen molar-refractivity contribution < 1.29 is 9.47 Å². The lowest BCUT2D eigenvalue weighted by Crippen LogP contribution is -2.19. The van der Waals surface area contributed by atoms with Crippen LogP contribution in [0.5, 0.6) is 11.5 Å². The molecule has 136 valence electrons. The SMILES string of the molecule is CCOc1cc(CNCCCNC)ccc1OCc1ccccc1Cl. The van der Waals surface area contributed by atoms with Gasteiger partial charge in [-0.1, -0.05) is 35.9 Å². The molecule has 2 rings (SSSR count). The summed E-state index contributed by atoms with van der Waals surface area (Å²) in [5.41, 5.74) is 2.14. The molecule has 2 aromatic carbocycles. The standard InChI is InChI=1S/C20H27ClN2O2/c1-3-24-20-13-16(14-23-12-6-11-22-2)9-10-19(20)25-15-17-7-4-5-8-18(17)21/h4-5,7-10,13,22-23H,3,6,11-12,14-15H2,1-2H3. The van der Waals surface area contributed by atoms with Crippen molar-refractivity contribution in [2.75, 3.05) is 26.7 Å². The Morgan fingerprint density at radius 2 is 1.84 bits per heavy atom. The summed E-state index contributed by atoms with van der Waals surface area (Å²) in [5, 5.41) is 7.29. The summed E-state index contributed by atoms with van der Waals surface area (Å²) in [6, 6.07) is 13.8. The number of benzene rings is 2. The van der Waals surface area contributed by atoms with Gasteiger partial charge in [0, 0.05) is 17.1 Å². The van der Waals surface area contributed by atoms with Gasteiger partial charge in [0.25, 0.3) is 0 Å². The molecule has 0 aliphatic carbocycles. The Bertz CT molecular complexity index is 649. The van der Waals surface area contributed by atoms with E-state index < -0.39 is 0 Å². The van der Waals surface area contributed by atoms with Gasteiger partial charge in [-0.3, -0.25) is 0 Å². The van der Waals surface area contributed by atoms with E-state index in [4.69, 9.17) is 21.1 Å². The van der Waals surface area contributed by atoms with Crippen LogP contribution in [0.1, 0.15) is 24.5 Å². The minimum absolute atomic E-state index is 0.418. The van der Waals surface area contributed by atoms with Crippen LogP contribution in [0.2, 0.25) is 5.02 Å². The number of ether oxygens (including phenoxy) is 2. The van der Waals surface area contributed by atoms with E-state index in [9.17, 15) is 0 Å². The highest BCUT2D eigenvalue weighted by Crippen LogP contribution is 2.30. The van der Waals surface area contributed by atoms with Crippen LogP contribution in [-0.2, 0) is 13.2 Å². The van der Waals surface area contributed by atoms with Crippen LogP contribution >= 0.6 is 11.6 Å². The summed E-state index contributed by atoms with van der Waals surface area (Å²) in [6.45, 7) is 5.81. The summed E-state index contributed by atoms with van der Waals surface area (Å²) in [5.74, 6) is 1.50. The van der Waals surface area contributed by atoms with Gasteiger partial charge in [0.2, 0.25) is 0 Å². The predicted octanol–water partition coefficient (Wildman–Crippen LogP) is 4.02. The second-order valence-corrected chi connectivity index (χ2v) is 6.14. The number of rotatable bonds is 11. The Balaban J connectivity index is 1.96. The Kier molecular flexibility index (Phi) is 8.60. The average Bonchev–Trinajstić information content (AvgIpc) is 2.62. The average molecular weight is 363 g/mol. The minimum Gasteiger partial charge on any atom is -0.490 e. The molecule has 0 aromatic heterocycles. The molecule has 0 amide bonds. The van der Waals surface area contributed by atoms with Crippen molar-refractivity contribution in [2.24, 2.45) is 0 Å². The Hall–Kier alpha value is -1.75. The lowest BCUT2D eigenvalue weighted by molar-refractivity contribution is 0.269. The highest BCUT2D eigenvalue weighted by molar-refractivity contribution is 6.31. The molecule has 0 spiro atoms. The van der Waals surface area contributed by atoms with Crippen molar-refractivity contribution in [3.63, 3.8) is 0 Å². The van der Waals surface area contributed by atoms with Crippen molar-refractivity contribution in [2.45, 2.75) is 26.5 Å². The fraction of sp³-hybridized carbons (Fsp3) is 0.400. The van der Waals surface area contributed by atoms with Gasteiger partial charge in [0.15, 0.2) is 11.5 Å². The van der Waals surface area contributed by atoms with Crippen LogP contribution in [0.4, 0.5) is 0 Å². The molecular formula is C20H27ClN2O2.